The second-order valence-electron chi connectivity index (χ2n) is 3.17. The molecule has 0 radical (unpaired) electrons. The van der Waals surface area contributed by atoms with E-state index in [2.05, 4.69) is 0 Å². The summed E-state index contributed by atoms with van der Waals surface area (Å²) >= 11 is 0. The van der Waals surface area contributed by atoms with E-state index in [9.17, 15) is 9.59 Å². The molecule has 12 heavy (non-hydrogen) atoms. The highest BCUT2D eigenvalue weighted by Crippen LogP contribution is 2.15. The highest BCUT2D eigenvalue weighted by atomic mass is 16.1. The van der Waals surface area contributed by atoms with Crippen LogP contribution in [0.15, 0.2) is 0 Å². The zero-order valence-electron chi connectivity index (χ0n) is 7.03. The van der Waals surface area contributed by atoms with E-state index in [-0.39, 0.29) is 11.8 Å². The van der Waals surface area contributed by atoms with Crippen molar-refractivity contribution in [2.24, 2.45) is 11.7 Å². The number of hydrogen-bond acceptors (Lipinski definition) is 2. The molecular formula is C8H14N2O2. The smallest absolute Gasteiger partial charge is 0.220 e. The Morgan fingerprint density at radius 1 is 1.42 bits per heavy atom. The van der Waals surface area contributed by atoms with Crippen molar-refractivity contribution in [1.82, 2.24) is 4.90 Å². The maximum Gasteiger partial charge on any atom is 0.220 e. The van der Waals surface area contributed by atoms with Crippen LogP contribution in [-0.4, -0.2) is 30.3 Å². The van der Waals surface area contributed by atoms with Crippen molar-refractivity contribution in [2.45, 2.75) is 19.3 Å². The average Bonchev–Trinajstić information content (AvgIpc) is 2.28. The molecule has 0 aromatic heterocycles. The van der Waals surface area contributed by atoms with Crippen LogP contribution in [0.4, 0.5) is 0 Å². The van der Waals surface area contributed by atoms with Crippen molar-refractivity contribution < 1.29 is 9.59 Å². The van der Waals surface area contributed by atoms with Gasteiger partial charge in [-0.2, -0.15) is 0 Å². The Bertz CT molecular complexity index is 182. The topological polar surface area (TPSA) is 63.4 Å². The van der Waals surface area contributed by atoms with E-state index in [1.54, 1.807) is 4.90 Å². The van der Waals surface area contributed by atoms with Gasteiger partial charge in [0.05, 0.1) is 0 Å². The van der Waals surface area contributed by atoms with Gasteiger partial charge in [0.25, 0.3) is 0 Å². The molecule has 1 saturated heterocycles. The minimum atomic E-state index is -0.234. The minimum absolute atomic E-state index is 0.0325. The lowest BCUT2D eigenvalue weighted by Gasteiger charge is -2.12. The summed E-state index contributed by atoms with van der Waals surface area (Å²) < 4.78 is 0. The molecule has 68 valence electrons. The molecule has 1 atom stereocenters. The molecule has 4 heteroatoms. The van der Waals surface area contributed by atoms with Gasteiger partial charge in [0.1, 0.15) is 0 Å². The van der Waals surface area contributed by atoms with Gasteiger partial charge in [-0.15, -0.1) is 0 Å². The lowest BCUT2D eigenvalue weighted by Crippen LogP contribution is -2.26. The number of primary amides is 1. The van der Waals surface area contributed by atoms with Gasteiger partial charge in [-0.05, 0) is 19.3 Å². The van der Waals surface area contributed by atoms with Crippen LogP contribution in [-0.2, 0) is 9.59 Å². The van der Waals surface area contributed by atoms with Crippen molar-refractivity contribution in [3.8, 4) is 0 Å². The van der Waals surface area contributed by atoms with Crippen molar-refractivity contribution in [1.29, 1.82) is 0 Å². The van der Waals surface area contributed by atoms with E-state index in [1.165, 1.54) is 0 Å². The van der Waals surface area contributed by atoms with Gasteiger partial charge in [-0.3, -0.25) is 9.59 Å². The Morgan fingerprint density at radius 2 is 2.17 bits per heavy atom. The van der Waals surface area contributed by atoms with Gasteiger partial charge < -0.3 is 10.6 Å². The number of rotatable bonds is 2. The molecule has 0 saturated carbocycles. The minimum Gasteiger partial charge on any atom is -0.369 e. The average molecular weight is 170 g/mol. The van der Waals surface area contributed by atoms with Crippen molar-refractivity contribution in [3.63, 3.8) is 0 Å². The number of likely N-dealkylation sites (tertiary alicyclic amines) is 1. The maximum atomic E-state index is 10.8. The zero-order valence-corrected chi connectivity index (χ0v) is 7.03. The van der Waals surface area contributed by atoms with Gasteiger partial charge >= 0.3 is 0 Å². The summed E-state index contributed by atoms with van der Waals surface area (Å²) in [5.41, 5.74) is 5.18. The molecule has 1 rings (SSSR count). The van der Waals surface area contributed by atoms with E-state index in [4.69, 9.17) is 5.73 Å². The number of amides is 2. The van der Waals surface area contributed by atoms with Crippen molar-refractivity contribution in [3.05, 3.63) is 0 Å². The number of hydrogen-bond donors (Lipinski definition) is 1. The van der Waals surface area contributed by atoms with Crippen molar-refractivity contribution >= 4 is 12.3 Å². The monoisotopic (exact) mass is 170 g/mol. The largest absolute Gasteiger partial charge is 0.369 e. The molecule has 0 bridgehead atoms. The third-order valence-electron chi connectivity index (χ3n) is 2.31. The maximum absolute atomic E-state index is 10.8. The van der Waals surface area contributed by atoms with Gasteiger partial charge in [-0.25, -0.2) is 0 Å². The molecule has 2 N–H and O–H groups in total. The van der Waals surface area contributed by atoms with Crippen LogP contribution >= 0.6 is 0 Å². The van der Waals surface area contributed by atoms with Crippen LogP contribution in [0.3, 0.4) is 0 Å². The lowest BCUT2D eigenvalue weighted by molar-refractivity contribution is -0.122. The first-order chi connectivity index (χ1) is 5.74. The number of nitrogens with two attached hydrogens (primary N) is 1. The van der Waals surface area contributed by atoms with Crippen LogP contribution in [0, 0.1) is 5.92 Å². The molecule has 0 spiro atoms. The fourth-order valence-corrected chi connectivity index (χ4v) is 1.51. The first kappa shape index (κ1) is 9.03. The van der Waals surface area contributed by atoms with Gasteiger partial charge in [0, 0.05) is 19.0 Å². The van der Waals surface area contributed by atoms with E-state index in [1.807, 2.05) is 0 Å². The second-order valence-corrected chi connectivity index (χ2v) is 3.17. The normalized spacial score (nSPS) is 24.7. The fourth-order valence-electron chi connectivity index (χ4n) is 1.51. The van der Waals surface area contributed by atoms with Gasteiger partial charge in [0.15, 0.2) is 0 Å². The van der Waals surface area contributed by atoms with Gasteiger partial charge in [0.2, 0.25) is 12.3 Å². The highest BCUT2D eigenvalue weighted by molar-refractivity contribution is 5.76. The van der Waals surface area contributed by atoms with Crippen molar-refractivity contribution in [2.75, 3.05) is 13.1 Å². The van der Waals surface area contributed by atoms with E-state index >= 15 is 0 Å². The summed E-state index contributed by atoms with van der Waals surface area (Å²) in [6.45, 7) is 1.42. The molecule has 0 aromatic rings. The summed E-state index contributed by atoms with van der Waals surface area (Å²) in [5.74, 6) is -0.266. The van der Waals surface area contributed by atoms with E-state index in [0.717, 1.165) is 25.8 Å². The SMILES string of the molecule is NC(=O)C1CCCN(C=O)CC1. The second kappa shape index (κ2) is 4.09. The molecule has 0 aromatic carbocycles. The molecule has 1 unspecified atom stereocenters. The summed E-state index contributed by atoms with van der Waals surface area (Å²) in [5, 5.41) is 0. The molecule has 2 amide bonds. The predicted molar refractivity (Wildman–Crippen MR) is 44.2 cm³/mol. The molecule has 0 aliphatic carbocycles. The Kier molecular flexibility index (Phi) is 3.08. The first-order valence-corrected chi connectivity index (χ1v) is 4.22. The van der Waals surface area contributed by atoms with E-state index in [0.29, 0.717) is 13.0 Å². The number of nitrogens with zero attached hydrogens (tertiary/aromatic N) is 1. The molecule has 1 aliphatic rings. The third kappa shape index (κ3) is 2.22. The molecular weight excluding hydrogens is 156 g/mol. The Balaban J connectivity index is 2.44. The summed E-state index contributed by atoms with van der Waals surface area (Å²) in [4.78, 5) is 22.9. The van der Waals surface area contributed by atoms with Crippen LogP contribution < -0.4 is 5.73 Å². The third-order valence-corrected chi connectivity index (χ3v) is 2.31. The summed E-state index contributed by atoms with van der Waals surface area (Å²) in [7, 11) is 0. The summed E-state index contributed by atoms with van der Waals surface area (Å²) in [6, 6.07) is 0. The van der Waals surface area contributed by atoms with Gasteiger partial charge in [-0.1, -0.05) is 0 Å². The Hall–Kier alpha value is -1.06. The molecule has 1 heterocycles. The van der Waals surface area contributed by atoms with Crippen LogP contribution in [0.25, 0.3) is 0 Å². The van der Waals surface area contributed by atoms with Crippen LogP contribution in [0.2, 0.25) is 0 Å². The predicted octanol–water partition coefficient (Wildman–Crippen LogP) is -0.270. The molecule has 4 nitrogen and oxygen atoms in total. The lowest BCUT2D eigenvalue weighted by atomic mass is 10.0. The molecule has 1 fully saturated rings. The standard InChI is InChI=1S/C8H14N2O2/c9-8(12)7-2-1-4-10(6-11)5-3-7/h6-7H,1-5H2,(H2,9,12). The summed E-state index contributed by atoms with van der Waals surface area (Å²) in [6.07, 6.45) is 3.25. The Labute approximate surface area is 71.7 Å². The van der Waals surface area contributed by atoms with E-state index < -0.39 is 0 Å². The number of carbonyl (C=O) groups excluding carboxylic acids is 2. The van der Waals surface area contributed by atoms with Crippen LogP contribution in [0.1, 0.15) is 19.3 Å². The first-order valence-electron chi connectivity index (χ1n) is 4.22. The fraction of sp³-hybridized carbons (Fsp3) is 0.750. The molecule has 1 aliphatic heterocycles. The highest BCUT2D eigenvalue weighted by Gasteiger charge is 2.19. The number of carbonyl (C=O) groups is 2. The van der Waals surface area contributed by atoms with Crippen LogP contribution in [0.5, 0.6) is 0 Å². The quantitative estimate of drug-likeness (QED) is 0.580. The Morgan fingerprint density at radius 3 is 2.75 bits per heavy atom. The zero-order chi connectivity index (χ0) is 8.97.